The van der Waals surface area contributed by atoms with Crippen LogP contribution in [0.1, 0.15) is 19.3 Å². The summed E-state index contributed by atoms with van der Waals surface area (Å²) < 4.78 is 5.44. The van der Waals surface area contributed by atoms with Gasteiger partial charge in [-0.3, -0.25) is 4.79 Å². The fourth-order valence-electron chi connectivity index (χ4n) is 2.00. The van der Waals surface area contributed by atoms with E-state index in [9.17, 15) is 4.79 Å². The van der Waals surface area contributed by atoms with Crippen LogP contribution in [-0.4, -0.2) is 29.7 Å². The van der Waals surface area contributed by atoms with E-state index in [-0.39, 0.29) is 17.1 Å². The van der Waals surface area contributed by atoms with Crippen LogP contribution in [0.2, 0.25) is 0 Å². The van der Waals surface area contributed by atoms with Crippen LogP contribution in [0.25, 0.3) is 0 Å². The van der Waals surface area contributed by atoms with Crippen molar-refractivity contribution < 1.29 is 4.74 Å². The first-order valence-corrected chi connectivity index (χ1v) is 5.94. The maximum Gasteiger partial charge on any atom is 0.277 e. The van der Waals surface area contributed by atoms with Crippen LogP contribution in [0.4, 0.5) is 5.69 Å². The number of nitrogens with zero attached hydrogens (tertiary/aromatic N) is 1. The highest BCUT2D eigenvalue weighted by atomic mass is 16.5. The number of nitrogens with one attached hydrogen (secondary N) is 2. The van der Waals surface area contributed by atoms with Crippen molar-refractivity contribution in [2.45, 2.75) is 19.3 Å². The average molecular weight is 238 g/mol. The minimum atomic E-state index is -0.352. The van der Waals surface area contributed by atoms with E-state index in [2.05, 4.69) is 15.3 Å². The third-order valence-electron chi connectivity index (χ3n) is 3.02. The maximum absolute atomic E-state index is 11.2. The van der Waals surface area contributed by atoms with Crippen molar-refractivity contribution in [3.8, 4) is 5.88 Å². The summed E-state index contributed by atoms with van der Waals surface area (Å²) in [7, 11) is 0. The molecule has 6 heteroatoms. The number of hydrogen-bond acceptors (Lipinski definition) is 5. The lowest BCUT2D eigenvalue weighted by atomic mass is 9.97. The van der Waals surface area contributed by atoms with Crippen molar-refractivity contribution in [1.82, 2.24) is 15.3 Å². The molecule has 2 heterocycles. The predicted molar refractivity (Wildman–Crippen MR) is 65.0 cm³/mol. The van der Waals surface area contributed by atoms with Crippen LogP contribution in [-0.2, 0) is 0 Å². The molecule has 1 atom stereocenters. The Morgan fingerprint density at radius 3 is 3.24 bits per heavy atom. The molecule has 1 aromatic rings. The van der Waals surface area contributed by atoms with Gasteiger partial charge in [0, 0.05) is 0 Å². The third kappa shape index (κ3) is 3.20. The number of rotatable bonds is 4. The summed E-state index contributed by atoms with van der Waals surface area (Å²) in [6, 6.07) is 0. The Kier molecular flexibility index (Phi) is 3.98. The van der Waals surface area contributed by atoms with E-state index in [0.29, 0.717) is 12.5 Å². The Morgan fingerprint density at radius 1 is 1.59 bits per heavy atom. The Hall–Kier alpha value is -1.56. The fourth-order valence-corrected chi connectivity index (χ4v) is 2.00. The molecule has 1 aliphatic rings. The van der Waals surface area contributed by atoms with Crippen molar-refractivity contribution in [1.29, 1.82) is 0 Å². The molecule has 0 bridgehead atoms. The Morgan fingerprint density at radius 2 is 2.47 bits per heavy atom. The van der Waals surface area contributed by atoms with Gasteiger partial charge in [-0.15, -0.1) is 0 Å². The van der Waals surface area contributed by atoms with E-state index in [1.807, 2.05) is 0 Å². The van der Waals surface area contributed by atoms with E-state index >= 15 is 0 Å². The van der Waals surface area contributed by atoms with Crippen molar-refractivity contribution in [3.63, 3.8) is 0 Å². The number of H-pyrrole nitrogens is 1. The molecule has 1 aliphatic heterocycles. The summed E-state index contributed by atoms with van der Waals surface area (Å²) in [5.74, 6) is 0.879. The predicted octanol–water partition coefficient (Wildman–Crippen LogP) is 0.121. The van der Waals surface area contributed by atoms with E-state index in [0.717, 1.165) is 19.5 Å². The third-order valence-corrected chi connectivity index (χ3v) is 3.02. The van der Waals surface area contributed by atoms with Crippen LogP contribution in [0.15, 0.2) is 11.1 Å². The lowest BCUT2D eigenvalue weighted by Gasteiger charge is -2.22. The zero-order valence-electron chi connectivity index (χ0n) is 9.74. The normalized spacial score (nSPS) is 20.1. The van der Waals surface area contributed by atoms with Gasteiger partial charge in [0.05, 0.1) is 12.9 Å². The Labute approximate surface area is 99.6 Å². The van der Waals surface area contributed by atoms with Gasteiger partial charge in [0.15, 0.2) is 5.69 Å². The summed E-state index contributed by atoms with van der Waals surface area (Å²) in [5, 5.41) is 3.35. The van der Waals surface area contributed by atoms with E-state index in [4.69, 9.17) is 10.5 Å². The molecular weight excluding hydrogens is 220 g/mol. The molecule has 0 aromatic carbocycles. The number of hydrogen-bond donors (Lipinski definition) is 3. The molecule has 2 rings (SSSR count). The minimum Gasteiger partial charge on any atom is -0.476 e. The van der Waals surface area contributed by atoms with E-state index in [1.165, 1.54) is 19.2 Å². The van der Waals surface area contributed by atoms with Gasteiger partial charge in [-0.25, -0.2) is 4.98 Å². The summed E-state index contributed by atoms with van der Waals surface area (Å²) >= 11 is 0. The molecule has 4 N–H and O–H groups in total. The molecular formula is C11H18N4O2. The van der Waals surface area contributed by atoms with E-state index in [1.54, 1.807) is 0 Å². The van der Waals surface area contributed by atoms with Gasteiger partial charge >= 0.3 is 0 Å². The maximum atomic E-state index is 11.2. The van der Waals surface area contributed by atoms with Gasteiger partial charge in [-0.2, -0.15) is 0 Å². The summed E-state index contributed by atoms with van der Waals surface area (Å²) in [4.78, 5) is 17.5. The van der Waals surface area contributed by atoms with Crippen LogP contribution < -0.4 is 21.3 Å². The van der Waals surface area contributed by atoms with Crippen LogP contribution >= 0.6 is 0 Å². The molecule has 0 spiro atoms. The lowest BCUT2D eigenvalue weighted by Crippen LogP contribution is -2.30. The lowest BCUT2D eigenvalue weighted by molar-refractivity contribution is 0.248. The van der Waals surface area contributed by atoms with Crippen LogP contribution in [0.3, 0.4) is 0 Å². The monoisotopic (exact) mass is 238 g/mol. The number of aromatic amines is 1. The second-order valence-corrected chi connectivity index (χ2v) is 4.30. The SMILES string of the molecule is Nc1c(OCCC2CCCNC2)nc[nH]c1=O. The summed E-state index contributed by atoms with van der Waals surface area (Å²) in [5.41, 5.74) is 5.26. The molecule has 1 saturated heterocycles. The van der Waals surface area contributed by atoms with Crippen molar-refractivity contribution in [2.24, 2.45) is 5.92 Å². The molecule has 0 saturated carbocycles. The largest absolute Gasteiger partial charge is 0.476 e. The summed E-state index contributed by atoms with van der Waals surface area (Å²) in [6.45, 7) is 2.70. The highest BCUT2D eigenvalue weighted by Gasteiger charge is 2.13. The van der Waals surface area contributed by atoms with Crippen molar-refractivity contribution in [2.75, 3.05) is 25.4 Å². The number of aromatic nitrogens is 2. The quantitative estimate of drug-likeness (QED) is 0.693. The second kappa shape index (κ2) is 5.67. The number of ether oxygens (including phenoxy) is 1. The van der Waals surface area contributed by atoms with Gasteiger partial charge in [-0.05, 0) is 38.3 Å². The second-order valence-electron chi connectivity index (χ2n) is 4.30. The minimum absolute atomic E-state index is 0.0502. The number of nitrogens with two attached hydrogens (primary N) is 1. The molecule has 1 unspecified atom stereocenters. The first-order chi connectivity index (χ1) is 8.27. The topological polar surface area (TPSA) is 93.0 Å². The van der Waals surface area contributed by atoms with Gasteiger partial charge in [-0.1, -0.05) is 0 Å². The van der Waals surface area contributed by atoms with Crippen LogP contribution in [0.5, 0.6) is 5.88 Å². The molecule has 0 aliphatic carbocycles. The molecule has 6 nitrogen and oxygen atoms in total. The van der Waals surface area contributed by atoms with Crippen molar-refractivity contribution in [3.05, 3.63) is 16.7 Å². The molecule has 0 amide bonds. The summed E-state index contributed by atoms with van der Waals surface area (Å²) in [6.07, 6.45) is 4.71. The Balaban J connectivity index is 1.81. The molecule has 1 aromatic heterocycles. The Bertz CT molecular complexity index is 412. The smallest absolute Gasteiger partial charge is 0.277 e. The number of anilines is 1. The first kappa shape index (κ1) is 11.9. The fraction of sp³-hybridized carbons (Fsp3) is 0.636. The van der Waals surface area contributed by atoms with Gasteiger partial charge in [0.1, 0.15) is 0 Å². The highest BCUT2D eigenvalue weighted by molar-refractivity contribution is 5.44. The van der Waals surface area contributed by atoms with Crippen molar-refractivity contribution >= 4 is 5.69 Å². The zero-order chi connectivity index (χ0) is 12.1. The standard InChI is InChI=1S/C11H18N4O2/c12-9-10(16)14-7-15-11(9)17-5-3-8-2-1-4-13-6-8/h7-8,13H,1-6,12H2,(H,14,15,16). The zero-order valence-corrected chi connectivity index (χ0v) is 9.74. The molecule has 94 valence electrons. The number of nitrogen functional groups attached to an aromatic ring is 1. The van der Waals surface area contributed by atoms with Gasteiger partial charge in [0.25, 0.3) is 5.56 Å². The highest BCUT2D eigenvalue weighted by Crippen LogP contribution is 2.16. The molecule has 1 fully saturated rings. The van der Waals surface area contributed by atoms with Gasteiger partial charge < -0.3 is 20.8 Å². The first-order valence-electron chi connectivity index (χ1n) is 5.94. The number of piperidine rings is 1. The van der Waals surface area contributed by atoms with Crippen LogP contribution in [0, 0.1) is 5.92 Å². The average Bonchev–Trinajstić information content (AvgIpc) is 2.36. The van der Waals surface area contributed by atoms with E-state index < -0.39 is 0 Å². The molecule has 0 radical (unpaired) electrons. The molecule has 17 heavy (non-hydrogen) atoms. The van der Waals surface area contributed by atoms with Gasteiger partial charge in [0.2, 0.25) is 5.88 Å².